The molecule has 1 aliphatic carbocycles. The van der Waals surface area contributed by atoms with Gasteiger partial charge in [0.05, 0.1) is 23.2 Å². The Balaban J connectivity index is 1.80. The molecule has 1 aromatic heterocycles. The van der Waals surface area contributed by atoms with E-state index >= 15 is 0 Å². The minimum Gasteiger partial charge on any atom is -0.490 e. The number of anilines is 1. The summed E-state index contributed by atoms with van der Waals surface area (Å²) in [6.07, 6.45) is 8.38. The lowest BCUT2D eigenvalue weighted by atomic mass is 9.88. The van der Waals surface area contributed by atoms with E-state index in [1.165, 1.54) is 11.1 Å². The van der Waals surface area contributed by atoms with Crippen molar-refractivity contribution in [2.45, 2.75) is 64.4 Å². The van der Waals surface area contributed by atoms with E-state index in [9.17, 15) is 4.79 Å². The topological polar surface area (TPSA) is 59.7 Å². The van der Waals surface area contributed by atoms with E-state index < -0.39 is 0 Å². The second kappa shape index (κ2) is 10.2. The Bertz CT molecular complexity index is 1190. The van der Waals surface area contributed by atoms with E-state index in [1.807, 2.05) is 61.5 Å². The lowest BCUT2D eigenvalue weighted by Crippen LogP contribution is -2.25. The third kappa shape index (κ3) is 5.10. The Morgan fingerprint density at radius 3 is 2.67 bits per heavy atom. The molecule has 0 unspecified atom stereocenters. The summed E-state index contributed by atoms with van der Waals surface area (Å²) >= 11 is 0. The fourth-order valence-corrected chi connectivity index (χ4v) is 4.31. The van der Waals surface area contributed by atoms with Gasteiger partial charge in [0.25, 0.3) is 5.56 Å². The van der Waals surface area contributed by atoms with Crippen LogP contribution in [0.2, 0.25) is 0 Å². The molecule has 6 heteroatoms. The molecule has 1 aliphatic rings. The molecule has 0 aliphatic heterocycles. The highest BCUT2D eigenvalue weighted by Gasteiger charge is 2.22. The summed E-state index contributed by atoms with van der Waals surface area (Å²) in [6, 6.07) is 13.6. The van der Waals surface area contributed by atoms with Gasteiger partial charge in [-0.15, -0.1) is 0 Å². The first-order chi connectivity index (χ1) is 16.0. The smallest absolute Gasteiger partial charge is 0.282 e. The van der Waals surface area contributed by atoms with Gasteiger partial charge in [0.2, 0.25) is 0 Å². The fraction of sp³-hybridized carbons (Fsp3) is 0.444. The van der Waals surface area contributed by atoms with E-state index in [2.05, 4.69) is 13.8 Å². The molecule has 174 valence electrons. The molecule has 0 saturated heterocycles. The SMILES string of the molecule is CC[C@H](C)Oc1cc(N(C)C)ccc1C=Nn1c(C2CCCCC2)nc2ccccc2c1=O. The van der Waals surface area contributed by atoms with Gasteiger partial charge in [-0.25, -0.2) is 4.98 Å². The zero-order valence-electron chi connectivity index (χ0n) is 20.1. The molecular formula is C27H34N4O2. The number of fused-ring (bicyclic) bond motifs is 1. The highest BCUT2D eigenvalue weighted by atomic mass is 16.5. The fourth-order valence-electron chi connectivity index (χ4n) is 4.31. The predicted molar refractivity (Wildman–Crippen MR) is 136 cm³/mol. The molecule has 0 bridgehead atoms. The van der Waals surface area contributed by atoms with E-state index in [-0.39, 0.29) is 17.6 Å². The normalized spacial score (nSPS) is 15.8. The van der Waals surface area contributed by atoms with Crippen LogP contribution in [0.25, 0.3) is 10.9 Å². The lowest BCUT2D eigenvalue weighted by Gasteiger charge is -2.23. The average Bonchev–Trinajstić information content (AvgIpc) is 2.84. The number of rotatable bonds is 7. The highest BCUT2D eigenvalue weighted by molar-refractivity contribution is 5.85. The van der Waals surface area contributed by atoms with Crippen molar-refractivity contribution in [3.8, 4) is 5.75 Å². The van der Waals surface area contributed by atoms with Crippen LogP contribution >= 0.6 is 0 Å². The van der Waals surface area contributed by atoms with Gasteiger partial charge in [0.1, 0.15) is 11.6 Å². The van der Waals surface area contributed by atoms with Crippen molar-refractivity contribution < 1.29 is 4.74 Å². The molecule has 3 aromatic rings. The molecular weight excluding hydrogens is 412 g/mol. The maximum absolute atomic E-state index is 13.4. The van der Waals surface area contributed by atoms with Crippen LogP contribution in [0, 0.1) is 0 Å². The molecule has 2 aromatic carbocycles. The van der Waals surface area contributed by atoms with Crippen molar-refractivity contribution in [3.63, 3.8) is 0 Å². The first-order valence-corrected chi connectivity index (χ1v) is 12.0. The van der Waals surface area contributed by atoms with Gasteiger partial charge >= 0.3 is 0 Å². The number of benzene rings is 2. The number of hydrogen-bond acceptors (Lipinski definition) is 5. The second-order valence-corrected chi connectivity index (χ2v) is 9.14. The summed E-state index contributed by atoms with van der Waals surface area (Å²) in [4.78, 5) is 20.4. The van der Waals surface area contributed by atoms with Crippen LogP contribution in [0.4, 0.5) is 5.69 Å². The van der Waals surface area contributed by atoms with Crippen molar-refractivity contribution in [1.29, 1.82) is 0 Å². The first-order valence-electron chi connectivity index (χ1n) is 12.0. The predicted octanol–water partition coefficient (Wildman–Crippen LogP) is 5.57. The molecule has 1 fully saturated rings. The highest BCUT2D eigenvalue weighted by Crippen LogP contribution is 2.32. The summed E-state index contributed by atoms with van der Waals surface area (Å²) in [5.74, 6) is 1.78. The van der Waals surface area contributed by atoms with Crippen molar-refractivity contribution in [1.82, 2.24) is 9.66 Å². The molecule has 0 N–H and O–H groups in total. The van der Waals surface area contributed by atoms with Crippen LogP contribution < -0.4 is 15.2 Å². The first kappa shape index (κ1) is 23.0. The van der Waals surface area contributed by atoms with Crippen LogP contribution in [-0.2, 0) is 0 Å². The quantitative estimate of drug-likeness (QED) is 0.445. The van der Waals surface area contributed by atoms with Crippen LogP contribution in [0.3, 0.4) is 0 Å². The van der Waals surface area contributed by atoms with Crippen molar-refractivity contribution in [2.24, 2.45) is 5.10 Å². The van der Waals surface area contributed by atoms with Crippen LogP contribution in [0.5, 0.6) is 5.75 Å². The van der Waals surface area contributed by atoms with Gasteiger partial charge in [-0.3, -0.25) is 4.79 Å². The third-order valence-corrected chi connectivity index (χ3v) is 6.48. The Kier molecular flexibility index (Phi) is 7.11. The zero-order valence-corrected chi connectivity index (χ0v) is 20.1. The van der Waals surface area contributed by atoms with Crippen LogP contribution in [0.1, 0.15) is 69.7 Å². The summed E-state index contributed by atoms with van der Waals surface area (Å²) in [5, 5.41) is 5.28. The summed E-state index contributed by atoms with van der Waals surface area (Å²) in [5.41, 5.74) is 2.52. The Morgan fingerprint density at radius 2 is 1.94 bits per heavy atom. The molecule has 1 atom stereocenters. The van der Waals surface area contributed by atoms with Gasteiger partial charge in [0, 0.05) is 37.3 Å². The molecule has 6 nitrogen and oxygen atoms in total. The molecule has 4 rings (SSSR count). The van der Waals surface area contributed by atoms with E-state index in [0.29, 0.717) is 5.39 Å². The molecule has 1 heterocycles. The maximum atomic E-state index is 13.4. The minimum atomic E-state index is -0.119. The zero-order chi connectivity index (χ0) is 23.4. The number of para-hydroxylation sites is 1. The second-order valence-electron chi connectivity index (χ2n) is 9.14. The van der Waals surface area contributed by atoms with Crippen molar-refractivity contribution in [2.75, 3.05) is 19.0 Å². The van der Waals surface area contributed by atoms with E-state index in [4.69, 9.17) is 14.8 Å². The summed E-state index contributed by atoms with van der Waals surface area (Å²) < 4.78 is 7.72. The number of nitrogens with zero attached hydrogens (tertiary/aromatic N) is 4. The summed E-state index contributed by atoms with van der Waals surface area (Å²) in [7, 11) is 4.01. The van der Waals surface area contributed by atoms with E-state index in [0.717, 1.165) is 60.4 Å². The van der Waals surface area contributed by atoms with Crippen LogP contribution in [-0.4, -0.2) is 36.1 Å². The number of ether oxygens (including phenoxy) is 1. The van der Waals surface area contributed by atoms with Gasteiger partial charge < -0.3 is 9.64 Å². The Hall–Kier alpha value is -3.15. The minimum absolute atomic E-state index is 0.0809. The van der Waals surface area contributed by atoms with Gasteiger partial charge in [-0.2, -0.15) is 9.78 Å². The molecule has 33 heavy (non-hydrogen) atoms. The Morgan fingerprint density at radius 1 is 1.18 bits per heavy atom. The Labute approximate surface area is 195 Å². The maximum Gasteiger partial charge on any atom is 0.282 e. The van der Waals surface area contributed by atoms with Crippen molar-refractivity contribution in [3.05, 3.63) is 64.2 Å². The average molecular weight is 447 g/mol. The van der Waals surface area contributed by atoms with E-state index in [1.54, 1.807) is 6.21 Å². The largest absolute Gasteiger partial charge is 0.490 e. The van der Waals surface area contributed by atoms with Crippen LogP contribution in [0.15, 0.2) is 52.4 Å². The monoisotopic (exact) mass is 446 g/mol. The van der Waals surface area contributed by atoms with Gasteiger partial charge in [0.15, 0.2) is 0 Å². The number of hydrogen-bond donors (Lipinski definition) is 0. The standard InChI is InChI=1S/C27H34N4O2/c1-5-19(2)33-25-17-22(30(3)4)16-15-21(25)18-28-31-26(20-11-7-6-8-12-20)29-24-14-10-9-13-23(24)27(31)32/h9-10,13-20H,5-8,11-12H2,1-4H3/t19-/m0/s1. The molecule has 1 saturated carbocycles. The summed E-state index contributed by atoms with van der Waals surface area (Å²) in [6.45, 7) is 4.16. The molecule has 0 spiro atoms. The number of aromatic nitrogens is 2. The van der Waals surface area contributed by atoms with Gasteiger partial charge in [-0.1, -0.05) is 38.3 Å². The lowest BCUT2D eigenvalue weighted by molar-refractivity contribution is 0.217. The molecule has 0 amide bonds. The van der Waals surface area contributed by atoms with Gasteiger partial charge in [-0.05, 0) is 50.5 Å². The molecule has 0 radical (unpaired) electrons. The third-order valence-electron chi connectivity index (χ3n) is 6.48. The van der Waals surface area contributed by atoms with Crippen molar-refractivity contribution >= 4 is 22.8 Å².